The molecule has 1 aromatic heterocycles. The van der Waals surface area contributed by atoms with E-state index >= 15 is 0 Å². The Morgan fingerprint density at radius 3 is 2.72 bits per heavy atom. The Bertz CT molecular complexity index is 930. The van der Waals surface area contributed by atoms with Crippen LogP contribution >= 0.6 is 11.3 Å². The topological polar surface area (TPSA) is 51.7 Å². The number of carbonyl (C=O) groups excluding carboxylic acids is 1. The zero-order chi connectivity index (χ0) is 20.2. The van der Waals surface area contributed by atoms with Crippen molar-refractivity contribution in [1.82, 2.24) is 9.88 Å². The molecule has 0 N–H and O–H groups in total. The van der Waals surface area contributed by atoms with Gasteiger partial charge in [-0.15, -0.1) is 11.3 Å². The first-order valence-electron chi connectivity index (χ1n) is 10.5. The van der Waals surface area contributed by atoms with Crippen LogP contribution in [0.5, 0.6) is 5.75 Å². The van der Waals surface area contributed by atoms with Crippen molar-refractivity contribution in [1.29, 1.82) is 0 Å². The molecule has 1 amide bonds. The third kappa shape index (κ3) is 3.17. The van der Waals surface area contributed by atoms with Crippen molar-refractivity contribution in [3.63, 3.8) is 0 Å². The van der Waals surface area contributed by atoms with Gasteiger partial charge in [-0.1, -0.05) is 18.2 Å². The first-order chi connectivity index (χ1) is 13.9. The van der Waals surface area contributed by atoms with Crippen LogP contribution in [0.15, 0.2) is 29.8 Å². The lowest BCUT2D eigenvalue weighted by atomic mass is 9.64. The molecule has 2 fully saturated rings. The molecule has 6 heteroatoms. The van der Waals surface area contributed by atoms with Gasteiger partial charge in [-0.05, 0) is 51.5 Å². The molecule has 1 spiro atoms. The number of fused-ring (bicyclic) bond motifs is 3. The molecule has 2 saturated heterocycles. The monoisotopic (exact) mass is 412 g/mol. The molecule has 0 aliphatic carbocycles. The molecule has 4 heterocycles. The zero-order valence-electron chi connectivity index (χ0n) is 17.3. The average molecular weight is 413 g/mol. The molecule has 0 unspecified atom stereocenters. The number of piperidine rings is 1. The van der Waals surface area contributed by atoms with Gasteiger partial charge < -0.3 is 14.4 Å². The van der Waals surface area contributed by atoms with Gasteiger partial charge in [-0.25, -0.2) is 4.98 Å². The first-order valence-corrected chi connectivity index (χ1v) is 11.4. The molecule has 5 nitrogen and oxygen atoms in total. The molecular formula is C23H28N2O3S. The number of hydrogen-bond acceptors (Lipinski definition) is 5. The van der Waals surface area contributed by atoms with E-state index in [-0.39, 0.29) is 23.0 Å². The van der Waals surface area contributed by atoms with Crippen molar-refractivity contribution in [2.24, 2.45) is 11.3 Å². The van der Waals surface area contributed by atoms with Crippen LogP contribution in [0, 0.1) is 18.3 Å². The van der Waals surface area contributed by atoms with E-state index in [1.807, 2.05) is 24.0 Å². The van der Waals surface area contributed by atoms with E-state index in [9.17, 15) is 4.79 Å². The Labute approximate surface area is 176 Å². The van der Waals surface area contributed by atoms with E-state index in [0.717, 1.165) is 55.3 Å². The first kappa shape index (κ1) is 19.1. The number of para-hydroxylation sites is 1. The Balaban J connectivity index is 1.32. The van der Waals surface area contributed by atoms with E-state index in [1.54, 1.807) is 5.51 Å². The fourth-order valence-corrected chi connectivity index (χ4v) is 6.05. The van der Waals surface area contributed by atoms with E-state index in [0.29, 0.717) is 5.92 Å². The lowest BCUT2D eigenvalue weighted by molar-refractivity contribution is -0.173. The molecule has 2 atom stereocenters. The Morgan fingerprint density at radius 1 is 1.24 bits per heavy atom. The second-order valence-corrected chi connectivity index (χ2v) is 10.2. The van der Waals surface area contributed by atoms with Crippen LogP contribution in [0.2, 0.25) is 0 Å². The van der Waals surface area contributed by atoms with Gasteiger partial charge >= 0.3 is 0 Å². The summed E-state index contributed by atoms with van der Waals surface area (Å²) in [4.78, 5) is 19.9. The van der Waals surface area contributed by atoms with Gasteiger partial charge in [0.2, 0.25) is 0 Å². The molecule has 2 aromatic rings. The van der Waals surface area contributed by atoms with Gasteiger partial charge in [-0.2, -0.15) is 0 Å². The predicted octanol–water partition coefficient (Wildman–Crippen LogP) is 4.62. The van der Waals surface area contributed by atoms with Gasteiger partial charge in [0.15, 0.2) is 0 Å². The van der Waals surface area contributed by atoms with E-state index in [4.69, 9.17) is 9.47 Å². The lowest BCUT2D eigenvalue weighted by Crippen LogP contribution is -2.54. The zero-order valence-corrected chi connectivity index (χ0v) is 18.1. The number of likely N-dealkylation sites (tertiary alicyclic amines) is 1. The number of rotatable bonds is 1. The average Bonchev–Trinajstić information content (AvgIpc) is 3.14. The molecule has 0 bridgehead atoms. The van der Waals surface area contributed by atoms with Crippen molar-refractivity contribution < 1.29 is 14.3 Å². The van der Waals surface area contributed by atoms with E-state index < -0.39 is 0 Å². The van der Waals surface area contributed by atoms with Crippen LogP contribution in [0.1, 0.15) is 60.1 Å². The quantitative estimate of drug-likeness (QED) is 0.686. The summed E-state index contributed by atoms with van der Waals surface area (Å²) in [5, 5.41) is 0. The molecule has 29 heavy (non-hydrogen) atoms. The van der Waals surface area contributed by atoms with Crippen LogP contribution < -0.4 is 4.74 Å². The molecular weight excluding hydrogens is 384 g/mol. The van der Waals surface area contributed by atoms with Crippen LogP contribution in [-0.4, -0.2) is 41.1 Å². The van der Waals surface area contributed by atoms with Gasteiger partial charge in [0.1, 0.15) is 16.2 Å². The molecule has 1 aromatic carbocycles. The number of ether oxygens (including phenoxy) is 2. The standard InChI is InChI=1S/C23H28N2O3S/c1-15-20(29-14-24-15)21(26)25-10-8-23(9-11-25)12-17-19(27-13-23)16-6-4-5-7-18(16)28-22(17,2)3/h4-7,14,17,19H,8-13H2,1-3H3/t17-,19+/m0/s1. The number of hydrogen-bond donors (Lipinski definition) is 0. The van der Waals surface area contributed by atoms with E-state index in [2.05, 4.69) is 31.0 Å². The summed E-state index contributed by atoms with van der Waals surface area (Å²) in [6, 6.07) is 8.28. The van der Waals surface area contributed by atoms with Gasteiger partial charge in [0.05, 0.1) is 23.9 Å². The van der Waals surface area contributed by atoms with Crippen LogP contribution in [-0.2, 0) is 4.74 Å². The summed E-state index contributed by atoms with van der Waals surface area (Å²) in [5.74, 6) is 1.40. The van der Waals surface area contributed by atoms with Crippen molar-refractivity contribution in [2.75, 3.05) is 19.7 Å². The summed E-state index contributed by atoms with van der Waals surface area (Å²) in [7, 11) is 0. The van der Waals surface area contributed by atoms with Crippen molar-refractivity contribution in [3.05, 3.63) is 45.9 Å². The van der Waals surface area contributed by atoms with Crippen LogP contribution in [0.4, 0.5) is 0 Å². The molecule has 0 saturated carbocycles. The Kier molecular flexibility index (Phi) is 4.48. The van der Waals surface area contributed by atoms with Crippen LogP contribution in [0.25, 0.3) is 0 Å². The number of carbonyl (C=O) groups is 1. The number of nitrogens with zero attached hydrogens (tertiary/aromatic N) is 2. The lowest BCUT2D eigenvalue weighted by Gasteiger charge is -2.54. The predicted molar refractivity (Wildman–Crippen MR) is 112 cm³/mol. The smallest absolute Gasteiger partial charge is 0.265 e. The highest BCUT2D eigenvalue weighted by molar-refractivity contribution is 7.11. The number of aromatic nitrogens is 1. The second kappa shape index (κ2) is 6.81. The summed E-state index contributed by atoms with van der Waals surface area (Å²) in [6.45, 7) is 8.62. The van der Waals surface area contributed by atoms with Gasteiger partial charge in [0, 0.05) is 24.6 Å². The van der Waals surface area contributed by atoms with Crippen molar-refractivity contribution in [2.45, 2.75) is 51.7 Å². The largest absolute Gasteiger partial charge is 0.487 e. The number of thiazole rings is 1. The maximum Gasteiger partial charge on any atom is 0.265 e. The third-order valence-corrected chi connectivity index (χ3v) is 8.05. The van der Waals surface area contributed by atoms with Gasteiger partial charge in [-0.3, -0.25) is 4.79 Å². The summed E-state index contributed by atoms with van der Waals surface area (Å²) < 4.78 is 12.9. The fraction of sp³-hybridized carbons (Fsp3) is 0.565. The number of aryl methyl sites for hydroxylation is 1. The highest BCUT2D eigenvalue weighted by atomic mass is 32.1. The summed E-state index contributed by atoms with van der Waals surface area (Å²) in [6.07, 6.45) is 3.15. The minimum absolute atomic E-state index is 0.0973. The number of amides is 1. The fourth-order valence-electron chi connectivity index (χ4n) is 5.28. The second-order valence-electron chi connectivity index (χ2n) is 9.34. The van der Waals surface area contributed by atoms with Crippen molar-refractivity contribution in [3.8, 4) is 5.75 Å². The Morgan fingerprint density at radius 2 is 2.00 bits per heavy atom. The normalized spacial score (nSPS) is 27.1. The SMILES string of the molecule is Cc1ncsc1C(=O)N1CCC2(CC1)CO[C@@H]1c3ccccc3OC(C)(C)[C@H]1C2. The minimum Gasteiger partial charge on any atom is -0.487 e. The Hall–Kier alpha value is -1.92. The summed E-state index contributed by atoms with van der Waals surface area (Å²) >= 11 is 1.44. The summed E-state index contributed by atoms with van der Waals surface area (Å²) in [5.41, 5.74) is 3.64. The molecule has 0 radical (unpaired) electrons. The highest BCUT2D eigenvalue weighted by Crippen LogP contribution is 2.55. The van der Waals surface area contributed by atoms with Gasteiger partial charge in [0.25, 0.3) is 5.91 Å². The molecule has 3 aliphatic heterocycles. The van der Waals surface area contributed by atoms with Crippen molar-refractivity contribution >= 4 is 17.2 Å². The number of benzene rings is 1. The maximum atomic E-state index is 12.9. The molecule has 154 valence electrons. The van der Waals surface area contributed by atoms with E-state index in [1.165, 1.54) is 16.9 Å². The molecule has 5 rings (SSSR count). The third-order valence-electron chi connectivity index (χ3n) is 7.13. The molecule has 3 aliphatic rings. The maximum absolute atomic E-state index is 12.9. The minimum atomic E-state index is -0.265. The highest BCUT2D eigenvalue weighted by Gasteiger charge is 2.52. The van der Waals surface area contributed by atoms with Crippen LogP contribution in [0.3, 0.4) is 0 Å².